The summed E-state index contributed by atoms with van der Waals surface area (Å²) in [4.78, 5) is 19.4. The highest BCUT2D eigenvalue weighted by molar-refractivity contribution is 5.72. The minimum Gasteiger partial charge on any atom is -0.486 e. The number of benzene rings is 1. The molecular weight excluding hydrogens is 452 g/mol. The lowest BCUT2D eigenvalue weighted by Gasteiger charge is -2.34. The van der Waals surface area contributed by atoms with Gasteiger partial charge in [-0.1, -0.05) is 0 Å². The molecule has 4 heterocycles. The number of nitrogens with zero attached hydrogens (tertiary/aromatic N) is 5. The van der Waals surface area contributed by atoms with Gasteiger partial charge in [0, 0.05) is 17.6 Å². The zero-order chi connectivity index (χ0) is 24.4. The van der Waals surface area contributed by atoms with Crippen molar-refractivity contribution in [2.45, 2.75) is 45.2 Å². The zero-order valence-corrected chi connectivity index (χ0v) is 19.9. The van der Waals surface area contributed by atoms with Gasteiger partial charge in [-0.2, -0.15) is 0 Å². The number of fused-ring (bicyclic) bond motifs is 1. The summed E-state index contributed by atoms with van der Waals surface area (Å²) >= 11 is 0. The molecule has 0 aliphatic carbocycles. The molecule has 2 N–H and O–H groups in total. The molecule has 0 bridgehead atoms. The number of halogens is 2. The topological polar surface area (TPSA) is 88.1 Å². The van der Waals surface area contributed by atoms with Crippen molar-refractivity contribution in [3.63, 3.8) is 0 Å². The van der Waals surface area contributed by atoms with Gasteiger partial charge in [-0.25, -0.2) is 28.7 Å². The largest absolute Gasteiger partial charge is 0.486 e. The van der Waals surface area contributed by atoms with Gasteiger partial charge >= 0.3 is 0 Å². The van der Waals surface area contributed by atoms with E-state index in [1.54, 1.807) is 18.5 Å². The van der Waals surface area contributed by atoms with Gasteiger partial charge in [0.15, 0.2) is 17.4 Å². The van der Waals surface area contributed by atoms with Gasteiger partial charge in [0.05, 0.1) is 42.9 Å². The third kappa shape index (κ3) is 5.17. The molecule has 1 saturated heterocycles. The molecule has 8 nitrogen and oxygen atoms in total. The Bertz CT molecular complexity index is 1180. The van der Waals surface area contributed by atoms with Crippen LogP contribution in [0.25, 0.3) is 11.3 Å². The quantitative estimate of drug-likeness (QED) is 0.553. The lowest BCUT2D eigenvalue weighted by Crippen LogP contribution is -2.38. The van der Waals surface area contributed by atoms with E-state index >= 15 is 0 Å². The van der Waals surface area contributed by atoms with E-state index in [1.165, 1.54) is 6.07 Å². The predicted octanol–water partition coefficient (Wildman–Crippen LogP) is 3.57. The summed E-state index contributed by atoms with van der Waals surface area (Å²) in [7, 11) is 0. The average Bonchev–Trinajstić information content (AvgIpc) is 2.86. The van der Waals surface area contributed by atoms with Gasteiger partial charge in [-0.15, -0.1) is 0 Å². The average molecular weight is 482 g/mol. The first-order valence-corrected chi connectivity index (χ1v) is 12.0. The third-order valence-corrected chi connectivity index (χ3v) is 6.33. The van der Waals surface area contributed by atoms with Crippen LogP contribution in [0, 0.1) is 11.6 Å². The van der Waals surface area contributed by atoms with Gasteiger partial charge in [0.25, 0.3) is 0 Å². The lowest BCUT2D eigenvalue weighted by atomic mass is 10.1. The number of nitrogens with one attached hydrogen (secondary N) is 2. The van der Waals surface area contributed by atoms with E-state index in [1.807, 2.05) is 18.7 Å². The molecule has 0 radical (unpaired) electrons. The fourth-order valence-corrected chi connectivity index (χ4v) is 4.53. The van der Waals surface area contributed by atoms with E-state index in [2.05, 4.69) is 30.6 Å². The Morgan fingerprint density at radius 1 is 1.06 bits per heavy atom. The third-order valence-electron chi connectivity index (χ3n) is 6.33. The standard InChI is InChI=1S/C25H29F2N7O/c1-15(2)34-7-8-35-25-19(26)9-16(10-21(25)34)24-20(27)14-31-23(33-24)11-22-29-12-18(13-30-22)32-17-3-5-28-6-4-17/h9-10,12-15,17,28,32H,3-8,11H2,1-2H3. The summed E-state index contributed by atoms with van der Waals surface area (Å²) in [6.07, 6.45) is 6.94. The fraction of sp³-hybridized carbons (Fsp3) is 0.440. The second-order valence-corrected chi connectivity index (χ2v) is 9.16. The number of aromatic nitrogens is 4. The first-order chi connectivity index (χ1) is 17.0. The highest BCUT2D eigenvalue weighted by Crippen LogP contribution is 2.39. The van der Waals surface area contributed by atoms with Crippen LogP contribution < -0.4 is 20.3 Å². The molecule has 0 saturated carbocycles. The Morgan fingerprint density at radius 2 is 1.80 bits per heavy atom. The second kappa shape index (κ2) is 10.1. The molecule has 0 unspecified atom stereocenters. The number of anilines is 2. The molecule has 2 aliphatic rings. The number of piperidine rings is 1. The van der Waals surface area contributed by atoms with E-state index < -0.39 is 11.6 Å². The fourth-order valence-electron chi connectivity index (χ4n) is 4.53. The van der Waals surface area contributed by atoms with Gasteiger partial charge in [0.2, 0.25) is 0 Å². The van der Waals surface area contributed by atoms with Crippen molar-refractivity contribution in [1.82, 2.24) is 25.3 Å². The van der Waals surface area contributed by atoms with Gasteiger partial charge < -0.3 is 20.3 Å². The molecular formula is C25H29F2N7O. The van der Waals surface area contributed by atoms with Crippen LogP contribution in [0.15, 0.2) is 30.7 Å². The Kier molecular flexibility index (Phi) is 6.72. The van der Waals surface area contributed by atoms with Crippen LogP contribution in [0.3, 0.4) is 0 Å². The van der Waals surface area contributed by atoms with Crippen LogP contribution in [0.4, 0.5) is 20.2 Å². The van der Waals surface area contributed by atoms with Crippen molar-refractivity contribution in [3.8, 4) is 17.0 Å². The van der Waals surface area contributed by atoms with Crippen molar-refractivity contribution in [2.75, 3.05) is 36.5 Å². The molecule has 5 rings (SSSR count). The summed E-state index contributed by atoms with van der Waals surface area (Å²) in [5.74, 6) is -0.0918. The van der Waals surface area contributed by atoms with E-state index in [0.717, 1.165) is 37.8 Å². The molecule has 35 heavy (non-hydrogen) atoms. The summed E-state index contributed by atoms with van der Waals surface area (Å²) < 4.78 is 35.2. The van der Waals surface area contributed by atoms with E-state index in [4.69, 9.17) is 4.74 Å². The molecule has 0 amide bonds. The van der Waals surface area contributed by atoms with Crippen LogP contribution in [0.1, 0.15) is 38.3 Å². The van der Waals surface area contributed by atoms with Crippen molar-refractivity contribution in [2.24, 2.45) is 0 Å². The minimum atomic E-state index is -0.622. The maximum atomic E-state index is 14.9. The van der Waals surface area contributed by atoms with Gasteiger partial charge in [-0.3, -0.25) is 0 Å². The Balaban J connectivity index is 1.37. The molecule has 184 valence electrons. The summed E-state index contributed by atoms with van der Waals surface area (Å²) in [6.45, 7) is 7.08. The van der Waals surface area contributed by atoms with E-state index in [0.29, 0.717) is 42.1 Å². The predicted molar refractivity (Wildman–Crippen MR) is 130 cm³/mol. The maximum Gasteiger partial charge on any atom is 0.178 e. The van der Waals surface area contributed by atoms with Crippen molar-refractivity contribution >= 4 is 11.4 Å². The van der Waals surface area contributed by atoms with Crippen LogP contribution in [0.5, 0.6) is 5.75 Å². The monoisotopic (exact) mass is 481 g/mol. The zero-order valence-electron chi connectivity index (χ0n) is 19.9. The van der Waals surface area contributed by atoms with Crippen LogP contribution in [0.2, 0.25) is 0 Å². The first kappa shape index (κ1) is 23.3. The van der Waals surface area contributed by atoms with Gasteiger partial charge in [0.1, 0.15) is 23.9 Å². The van der Waals surface area contributed by atoms with E-state index in [-0.39, 0.29) is 23.9 Å². The lowest BCUT2D eigenvalue weighted by molar-refractivity contribution is 0.287. The number of rotatable bonds is 6. The molecule has 3 aromatic rings. The molecule has 2 aromatic heterocycles. The number of ether oxygens (including phenoxy) is 1. The van der Waals surface area contributed by atoms with Crippen molar-refractivity contribution < 1.29 is 13.5 Å². The first-order valence-electron chi connectivity index (χ1n) is 12.0. The Labute approximate surface area is 203 Å². The second-order valence-electron chi connectivity index (χ2n) is 9.16. The molecule has 2 aliphatic heterocycles. The smallest absolute Gasteiger partial charge is 0.178 e. The van der Waals surface area contributed by atoms with Crippen LogP contribution >= 0.6 is 0 Å². The van der Waals surface area contributed by atoms with E-state index in [9.17, 15) is 8.78 Å². The summed E-state index contributed by atoms with van der Waals surface area (Å²) in [6, 6.07) is 3.53. The Hall–Kier alpha value is -3.40. The van der Waals surface area contributed by atoms with Crippen LogP contribution in [-0.2, 0) is 6.42 Å². The van der Waals surface area contributed by atoms with Crippen LogP contribution in [-0.4, -0.2) is 58.3 Å². The normalized spacial score (nSPS) is 16.2. The SMILES string of the molecule is CC(C)N1CCOc2c(F)cc(-c3nc(Cc4ncc(NC5CCNCC5)cn4)ncc3F)cc21. The van der Waals surface area contributed by atoms with Gasteiger partial charge in [-0.05, 0) is 51.9 Å². The maximum absolute atomic E-state index is 14.9. The molecule has 1 fully saturated rings. The minimum absolute atomic E-state index is 0.0372. The summed E-state index contributed by atoms with van der Waals surface area (Å²) in [5.41, 5.74) is 1.83. The molecule has 10 heteroatoms. The Morgan fingerprint density at radius 3 is 2.54 bits per heavy atom. The number of hydrogen-bond donors (Lipinski definition) is 2. The summed E-state index contributed by atoms with van der Waals surface area (Å²) in [5, 5.41) is 6.80. The van der Waals surface area contributed by atoms with Crippen molar-refractivity contribution in [3.05, 3.63) is 54.0 Å². The molecule has 0 atom stereocenters. The molecule has 0 spiro atoms. The number of hydrogen-bond acceptors (Lipinski definition) is 8. The highest BCUT2D eigenvalue weighted by atomic mass is 19.1. The van der Waals surface area contributed by atoms with Crippen molar-refractivity contribution in [1.29, 1.82) is 0 Å². The highest BCUT2D eigenvalue weighted by Gasteiger charge is 2.25. The molecule has 1 aromatic carbocycles.